The molecule has 6 heteroatoms. The molecule has 1 aliphatic heterocycles. The molecule has 0 aliphatic carbocycles. The largest absolute Gasteiger partial charge is 0.383 e. The first kappa shape index (κ1) is 16.0. The summed E-state index contributed by atoms with van der Waals surface area (Å²) in [6.45, 7) is 3.64. The zero-order chi connectivity index (χ0) is 15.2. The van der Waals surface area contributed by atoms with Crippen LogP contribution in [0.4, 0.5) is 0 Å². The Labute approximate surface area is 129 Å². The van der Waals surface area contributed by atoms with Crippen LogP contribution < -0.4 is 5.32 Å². The second-order valence-corrected chi connectivity index (χ2v) is 6.38. The fourth-order valence-electron chi connectivity index (χ4n) is 2.58. The molecule has 1 aromatic rings. The van der Waals surface area contributed by atoms with Crippen molar-refractivity contribution in [2.75, 3.05) is 26.8 Å². The van der Waals surface area contributed by atoms with Crippen LogP contribution in [0, 0.1) is 5.92 Å². The summed E-state index contributed by atoms with van der Waals surface area (Å²) in [5.74, 6) is -0.0716. The number of methoxy groups -OCH3 is 1. The van der Waals surface area contributed by atoms with Gasteiger partial charge in [0.15, 0.2) is 0 Å². The Morgan fingerprint density at radius 2 is 2.38 bits per heavy atom. The van der Waals surface area contributed by atoms with Crippen LogP contribution in [0.3, 0.4) is 0 Å². The Kier molecular flexibility index (Phi) is 5.76. The van der Waals surface area contributed by atoms with Gasteiger partial charge >= 0.3 is 0 Å². The summed E-state index contributed by atoms with van der Waals surface area (Å²) in [5, 5.41) is 4.84. The standard InChI is InChI=1S/C15H22N2O3S/c1-11(10-20-2)16-14(18)12-5-3-7-17(9-12)15(19)13-6-4-8-21-13/h4,6,8,11-12H,3,5,7,9-10H2,1-2H3,(H,16,18)/t11-,12+/m0/s1. The number of likely N-dealkylation sites (tertiary alicyclic amines) is 1. The predicted molar refractivity (Wildman–Crippen MR) is 82.4 cm³/mol. The number of rotatable bonds is 5. The van der Waals surface area contributed by atoms with E-state index >= 15 is 0 Å². The molecule has 0 radical (unpaired) electrons. The molecule has 116 valence electrons. The number of thiophene rings is 1. The minimum absolute atomic E-state index is 0.00845. The Balaban J connectivity index is 1.91. The second-order valence-electron chi connectivity index (χ2n) is 5.43. The quantitative estimate of drug-likeness (QED) is 0.901. The van der Waals surface area contributed by atoms with Gasteiger partial charge in [0.2, 0.25) is 5.91 Å². The van der Waals surface area contributed by atoms with Crippen LogP contribution in [0.5, 0.6) is 0 Å². The van der Waals surface area contributed by atoms with Gasteiger partial charge in [-0.05, 0) is 31.2 Å². The third-order valence-electron chi connectivity index (χ3n) is 3.62. The third-order valence-corrected chi connectivity index (χ3v) is 4.47. The lowest BCUT2D eigenvalue weighted by atomic mass is 9.96. The topological polar surface area (TPSA) is 58.6 Å². The summed E-state index contributed by atoms with van der Waals surface area (Å²) in [7, 11) is 1.62. The number of amides is 2. The normalized spacial score (nSPS) is 20.1. The molecule has 2 rings (SSSR count). The van der Waals surface area contributed by atoms with Gasteiger partial charge in [-0.3, -0.25) is 9.59 Å². The van der Waals surface area contributed by atoms with E-state index in [0.717, 1.165) is 24.3 Å². The molecule has 0 saturated carbocycles. The number of hydrogen-bond donors (Lipinski definition) is 1. The fourth-order valence-corrected chi connectivity index (χ4v) is 3.27. The summed E-state index contributed by atoms with van der Waals surface area (Å²) in [4.78, 5) is 27.1. The summed E-state index contributed by atoms with van der Waals surface area (Å²) in [6, 6.07) is 3.70. The Morgan fingerprint density at radius 1 is 1.57 bits per heavy atom. The molecule has 0 spiro atoms. The van der Waals surface area contributed by atoms with E-state index in [9.17, 15) is 9.59 Å². The molecule has 2 amide bonds. The van der Waals surface area contributed by atoms with Crippen molar-refractivity contribution < 1.29 is 14.3 Å². The highest BCUT2D eigenvalue weighted by Crippen LogP contribution is 2.20. The van der Waals surface area contributed by atoms with Crippen molar-refractivity contribution in [2.45, 2.75) is 25.8 Å². The van der Waals surface area contributed by atoms with Crippen LogP contribution in [0.2, 0.25) is 0 Å². The van der Waals surface area contributed by atoms with E-state index < -0.39 is 0 Å². The van der Waals surface area contributed by atoms with E-state index in [0.29, 0.717) is 13.2 Å². The molecule has 2 heterocycles. The third kappa shape index (κ3) is 4.28. The van der Waals surface area contributed by atoms with Crippen LogP contribution in [-0.4, -0.2) is 49.6 Å². The van der Waals surface area contributed by atoms with Gasteiger partial charge in [0.1, 0.15) is 0 Å². The molecule has 2 atom stereocenters. The maximum atomic E-state index is 12.3. The molecule has 1 aromatic heterocycles. The maximum absolute atomic E-state index is 12.3. The van der Waals surface area contributed by atoms with Crippen molar-refractivity contribution in [2.24, 2.45) is 5.92 Å². The van der Waals surface area contributed by atoms with Crippen molar-refractivity contribution in [3.05, 3.63) is 22.4 Å². The van der Waals surface area contributed by atoms with E-state index in [1.54, 1.807) is 12.0 Å². The lowest BCUT2D eigenvalue weighted by molar-refractivity contribution is -0.127. The first-order chi connectivity index (χ1) is 10.1. The van der Waals surface area contributed by atoms with E-state index in [2.05, 4.69) is 5.32 Å². The summed E-state index contributed by atoms with van der Waals surface area (Å²) in [6.07, 6.45) is 1.70. The Bertz CT molecular complexity index is 475. The first-order valence-corrected chi connectivity index (χ1v) is 8.12. The van der Waals surface area contributed by atoms with Crippen molar-refractivity contribution in [3.8, 4) is 0 Å². The van der Waals surface area contributed by atoms with Crippen LogP contribution in [0.1, 0.15) is 29.4 Å². The number of piperidine rings is 1. The first-order valence-electron chi connectivity index (χ1n) is 7.24. The van der Waals surface area contributed by atoms with Gasteiger partial charge in [0, 0.05) is 26.2 Å². The van der Waals surface area contributed by atoms with Crippen LogP contribution in [0.15, 0.2) is 17.5 Å². The lowest BCUT2D eigenvalue weighted by Gasteiger charge is -2.32. The zero-order valence-corrected chi connectivity index (χ0v) is 13.3. The van der Waals surface area contributed by atoms with Crippen molar-refractivity contribution in [3.63, 3.8) is 0 Å². The number of carbonyl (C=O) groups excluding carboxylic acids is 2. The average Bonchev–Trinajstić information content (AvgIpc) is 3.01. The summed E-state index contributed by atoms with van der Waals surface area (Å²) < 4.78 is 5.02. The number of nitrogens with one attached hydrogen (secondary N) is 1. The van der Waals surface area contributed by atoms with Crippen molar-refractivity contribution >= 4 is 23.2 Å². The number of nitrogens with zero attached hydrogens (tertiary/aromatic N) is 1. The molecule has 0 bridgehead atoms. The molecular weight excluding hydrogens is 288 g/mol. The molecule has 21 heavy (non-hydrogen) atoms. The summed E-state index contributed by atoms with van der Waals surface area (Å²) >= 11 is 1.44. The van der Waals surface area contributed by atoms with E-state index in [1.807, 2.05) is 24.4 Å². The minimum Gasteiger partial charge on any atom is -0.383 e. The van der Waals surface area contributed by atoms with Crippen LogP contribution in [0.25, 0.3) is 0 Å². The zero-order valence-electron chi connectivity index (χ0n) is 12.5. The molecule has 1 fully saturated rings. The number of ether oxygens (including phenoxy) is 1. The van der Waals surface area contributed by atoms with Crippen molar-refractivity contribution in [1.29, 1.82) is 0 Å². The van der Waals surface area contributed by atoms with Gasteiger partial charge in [0.05, 0.1) is 17.4 Å². The predicted octanol–water partition coefficient (Wildman–Crippen LogP) is 1.75. The molecule has 0 unspecified atom stereocenters. The highest BCUT2D eigenvalue weighted by Gasteiger charge is 2.29. The highest BCUT2D eigenvalue weighted by molar-refractivity contribution is 7.12. The van der Waals surface area contributed by atoms with E-state index in [1.165, 1.54) is 11.3 Å². The maximum Gasteiger partial charge on any atom is 0.263 e. The number of hydrogen-bond acceptors (Lipinski definition) is 4. The minimum atomic E-state index is -0.123. The van der Waals surface area contributed by atoms with Crippen LogP contribution >= 0.6 is 11.3 Å². The van der Waals surface area contributed by atoms with Crippen LogP contribution in [-0.2, 0) is 9.53 Å². The van der Waals surface area contributed by atoms with Gasteiger partial charge < -0.3 is 15.0 Å². The van der Waals surface area contributed by atoms with Gasteiger partial charge in [-0.2, -0.15) is 0 Å². The smallest absolute Gasteiger partial charge is 0.263 e. The SMILES string of the molecule is COC[C@H](C)NC(=O)[C@@H]1CCCN(C(=O)c2cccs2)C1. The molecule has 1 aliphatic rings. The van der Waals surface area contributed by atoms with E-state index in [4.69, 9.17) is 4.74 Å². The Morgan fingerprint density at radius 3 is 3.05 bits per heavy atom. The monoisotopic (exact) mass is 310 g/mol. The molecule has 1 N–H and O–H groups in total. The average molecular weight is 310 g/mol. The fraction of sp³-hybridized carbons (Fsp3) is 0.600. The second kappa shape index (κ2) is 7.56. The summed E-state index contributed by atoms with van der Waals surface area (Å²) in [5.41, 5.74) is 0. The van der Waals surface area contributed by atoms with Gasteiger partial charge in [-0.15, -0.1) is 11.3 Å². The molecule has 0 aromatic carbocycles. The molecule has 5 nitrogen and oxygen atoms in total. The molecule has 1 saturated heterocycles. The van der Waals surface area contributed by atoms with Gasteiger partial charge in [-0.1, -0.05) is 6.07 Å². The van der Waals surface area contributed by atoms with Crippen molar-refractivity contribution in [1.82, 2.24) is 10.2 Å². The number of carbonyl (C=O) groups is 2. The Hall–Kier alpha value is -1.40. The lowest BCUT2D eigenvalue weighted by Crippen LogP contribution is -2.47. The van der Waals surface area contributed by atoms with Gasteiger partial charge in [-0.25, -0.2) is 0 Å². The van der Waals surface area contributed by atoms with E-state index in [-0.39, 0.29) is 23.8 Å². The van der Waals surface area contributed by atoms with Gasteiger partial charge in [0.25, 0.3) is 5.91 Å². The highest BCUT2D eigenvalue weighted by atomic mass is 32.1. The molecular formula is C15H22N2O3S.